The Morgan fingerprint density at radius 2 is 2.29 bits per heavy atom. The second kappa shape index (κ2) is 4.31. The fraction of sp³-hybridized carbons (Fsp3) is 0.600. The fourth-order valence-electron chi connectivity index (χ4n) is 1.93. The predicted molar refractivity (Wildman–Crippen MR) is 64.8 cm³/mol. The smallest absolute Gasteiger partial charge is 0.0488 e. The van der Waals surface area contributed by atoms with Crippen LogP contribution in [0, 0.1) is 5.92 Å². The van der Waals surface area contributed by atoms with Crippen molar-refractivity contribution in [2.45, 2.75) is 6.04 Å². The van der Waals surface area contributed by atoms with Crippen molar-refractivity contribution in [3.05, 3.63) is 20.8 Å². The number of hydrogen-bond donors (Lipinski definition) is 1. The molecule has 1 atom stereocenters. The van der Waals surface area contributed by atoms with Gasteiger partial charge in [0.2, 0.25) is 0 Å². The highest BCUT2D eigenvalue weighted by atomic mass is 79.9. The van der Waals surface area contributed by atoms with E-state index in [0.29, 0.717) is 6.04 Å². The zero-order valence-corrected chi connectivity index (χ0v) is 10.9. The Bertz CT molecular complexity index is 307. The highest BCUT2D eigenvalue weighted by Crippen LogP contribution is 2.34. The summed E-state index contributed by atoms with van der Waals surface area (Å²) in [5.74, 6) is 0.774. The molecule has 0 amide bonds. The molecule has 1 unspecified atom stereocenters. The maximum atomic E-state index is 3.51. The zero-order valence-electron chi connectivity index (χ0n) is 8.46. The summed E-state index contributed by atoms with van der Waals surface area (Å²) in [7, 11) is 4.33. The molecule has 1 aromatic heterocycles. The van der Waals surface area contributed by atoms with Crippen molar-refractivity contribution < 1.29 is 0 Å². The van der Waals surface area contributed by atoms with Crippen LogP contribution in [0.5, 0.6) is 0 Å². The van der Waals surface area contributed by atoms with E-state index in [1.807, 2.05) is 11.3 Å². The number of thiophene rings is 1. The van der Waals surface area contributed by atoms with Gasteiger partial charge in [-0.25, -0.2) is 0 Å². The van der Waals surface area contributed by atoms with Crippen LogP contribution in [0.2, 0.25) is 0 Å². The van der Waals surface area contributed by atoms with Crippen molar-refractivity contribution in [1.82, 2.24) is 10.2 Å². The number of rotatable bonds is 3. The van der Waals surface area contributed by atoms with Crippen LogP contribution in [0.25, 0.3) is 0 Å². The first-order valence-corrected chi connectivity index (χ1v) is 6.47. The van der Waals surface area contributed by atoms with Gasteiger partial charge in [-0.1, -0.05) is 0 Å². The lowest BCUT2D eigenvalue weighted by molar-refractivity contribution is 0.164. The van der Waals surface area contributed by atoms with Gasteiger partial charge in [0.05, 0.1) is 0 Å². The van der Waals surface area contributed by atoms with E-state index in [1.54, 1.807) is 0 Å². The standard InChI is InChI=1S/C10H15BrN2S/c1-13(2)10(7-4-12-5-7)9-3-8(11)6-14-9/h3,6-7,10,12H,4-5H2,1-2H3. The predicted octanol–water partition coefficient (Wildman–Crippen LogP) is 2.33. The van der Waals surface area contributed by atoms with Crippen molar-refractivity contribution in [3.63, 3.8) is 0 Å². The summed E-state index contributed by atoms with van der Waals surface area (Å²) >= 11 is 5.36. The van der Waals surface area contributed by atoms with Crippen LogP contribution >= 0.6 is 27.3 Å². The van der Waals surface area contributed by atoms with Gasteiger partial charge >= 0.3 is 0 Å². The summed E-state index contributed by atoms with van der Waals surface area (Å²) < 4.78 is 1.21. The van der Waals surface area contributed by atoms with Crippen LogP contribution in [-0.4, -0.2) is 32.1 Å². The molecule has 4 heteroatoms. The van der Waals surface area contributed by atoms with Crippen molar-refractivity contribution in [2.75, 3.05) is 27.2 Å². The van der Waals surface area contributed by atoms with Crippen molar-refractivity contribution >= 4 is 27.3 Å². The molecule has 14 heavy (non-hydrogen) atoms. The van der Waals surface area contributed by atoms with Crippen LogP contribution in [0.3, 0.4) is 0 Å². The number of halogens is 1. The van der Waals surface area contributed by atoms with Crippen molar-refractivity contribution in [2.24, 2.45) is 5.92 Å². The van der Waals surface area contributed by atoms with E-state index in [2.05, 4.69) is 51.7 Å². The Morgan fingerprint density at radius 3 is 2.64 bits per heavy atom. The first-order chi connectivity index (χ1) is 6.68. The number of hydrogen-bond acceptors (Lipinski definition) is 3. The van der Waals surface area contributed by atoms with Gasteiger partial charge in [-0.15, -0.1) is 11.3 Å². The third kappa shape index (κ3) is 2.03. The maximum Gasteiger partial charge on any atom is 0.0488 e. The molecule has 1 N–H and O–H groups in total. The quantitative estimate of drug-likeness (QED) is 0.910. The highest BCUT2D eigenvalue weighted by molar-refractivity contribution is 9.10. The highest BCUT2D eigenvalue weighted by Gasteiger charge is 2.30. The molecule has 0 aromatic carbocycles. The summed E-state index contributed by atoms with van der Waals surface area (Å²) in [6.07, 6.45) is 0. The zero-order chi connectivity index (χ0) is 10.1. The van der Waals surface area contributed by atoms with Gasteiger partial charge in [0.15, 0.2) is 0 Å². The molecule has 1 aliphatic rings. The molecule has 78 valence electrons. The minimum atomic E-state index is 0.576. The van der Waals surface area contributed by atoms with E-state index >= 15 is 0 Å². The Balaban J connectivity index is 2.17. The van der Waals surface area contributed by atoms with Gasteiger partial charge in [-0.3, -0.25) is 0 Å². The van der Waals surface area contributed by atoms with Crippen molar-refractivity contribution in [1.29, 1.82) is 0 Å². The Kier molecular flexibility index (Phi) is 3.27. The van der Waals surface area contributed by atoms with Crippen LogP contribution in [0.4, 0.5) is 0 Å². The lowest BCUT2D eigenvalue weighted by atomic mass is 9.92. The summed E-state index contributed by atoms with van der Waals surface area (Å²) in [4.78, 5) is 3.79. The topological polar surface area (TPSA) is 15.3 Å². The number of nitrogens with zero attached hydrogens (tertiary/aromatic N) is 1. The molecule has 1 aromatic rings. The molecule has 0 radical (unpaired) electrons. The third-order valence-electron chi connectivity index (χ3n) is 2.70. The second-order valence-electron chi connectivity index (χ2n) is 3.99. The molecule has 2 rings (SSSR count). The van der Waals surface area contributed by atoms with E-state index in [9.17, 15) is 0 Å². The van der Waals surface area contributed by atoms with Crippen LogP contribution < -0.4 is 5.32 Å². The summed E-state index contributed by atoms with van der Waals surface area (Å²) in [5.41, 5.74) is 0. The van der Waals surface area contributed by atoms with Gasteiger partial charge in [-0.05, 0) is 36.1 Å². The third-order valence-corrected chi connectivity index (χ3v) is 4.46. The first-order valence-electron chi connectivity index (χ1n) is 4.79. The largest absolute Gasteiger partial charge is 0.316 e. The normalized spacial score (nSPS) is 19.7. The van der Waals surface area contributed by atoms with Gasteiger partial charge in [0.25, 0.3) is 0 Å². The van der Waals surface area contributed by atoms with Crippen LogP contribution in [0.1, 0.15) is 10.9 Å². The average Bonchev–Trinajstić information content (AvgIpc) is 2.42. The van der Waals surface area contributed by atoms with E-state index in [-0.39, 0.29) is 0 Å². The van der Waals surface area contributed by atoms with E-state index in [1.165, 1.54) is 9.35 Å². The molecule has 0 bridgehead atoms. The minimum absolute atomic E-state index is 0.576. The van der Waals surface area contributed by atoms with Crippen LogP contribution in [-0.2, 0) is 0 Å². The Morgan fingerprint density at radius 1 is 1.57 bits per heavy atom. The molecule has 0 spiro atoms. The maximum absolute atomic E-state index is 3.51. The summed E-state index contributed by atoms with van der Waals surface area (Å²) in [6.45, 7) is 2.30. The fourth-order valence-corrected chi connectivity index (χ4v) is 3.66. The second-order valence-corrected chi connectivity index (χ2v) is 5.85. The molecule has 0 aliphatic carbocycles. The Hall–Kier alpha value is 0.1000. The Labute approximate surface area is 97.4 Å². The van der Waals surface area contributed by atoms with Gasteiger partial charge in [0.1, 0.15) is 0 Å². The van der Waals surface area contributed by atoms with Crippen molar-refractivity contribution in [3.8, 4) is 0 Å². The molecule has 2 heterocycles. The summed E-state index contributed by atoms with van der Waals surface area (Å²) in [5, 5.41) is 5.50. The van der Waals surface area contributed by atoms with E-state index in [0.717, 1.165) is 19.0 Å². The van der Waals surface area contributed by atoms with Gasteiger partial charge < -0.3 is 10.2 Å². The first kappa shape index (κ1) is 10.6. The average molecular weight is 275 g/mol. The van der Waals surface area contributed by atoms with Gasteiger partial charge in [-0.2, -0.15) is 0 Å². The van der Waals surface area contributed by atoms with Gasteiger partial charge in [0, 0.05) is 39.8 Å². The van der Waals surface area contributed by atoms with Crippen LogP contribution in [0.15, 0.2) is 15.9 Å². The molecule has 2 nitrogen and oxygen atoms in total. The lowest BCUT2D eigenvalue weighted by Crippen LogP contribution is -2.48. The molecule has 1 fully saturated rings. The minimum Gasteiger partial charge on any atom is -0.316 e. The molecule has 0 saturated carbocycles. The molecular formula is C10H15BrN2S. The van der Waals surface area contributed by atoms with E-state index in [4.69, 9.17) is 0 Å². The monoisotopic (exact) mass is 274 g/mol. The summed E-state index contributed by atoms with van der Waals surface area (Å²) in [6, 6.07) is 2.82. The molecular weight excluding hydrogens is 260 g/mol. The molecule has 1 saturated heterocycles. The van der Waals surface area contributed by atoms with E-state index < -0.39 is 0 Å². The molecule has 1 aliphatic heterocycles. The SMILES string of the molecule is CN(C)C(c1cc(Br)cs1)C1CNC1. The number of nitrogens with one attached hydrogen (secondary N) is 1. The lowest BCUT2D eigenvalue weighted by Gasteiger charge is -2.38.